The summed E-state index contributed by atoms with van der Waals surface area (Å²) >= 11 is 3.35. The molecule has 1 heterocycles. The van der Waals surface area contributed by atoms with Gasteiger partial charge in [-0.25, -0.2) is 0 Å². The summed E-state index contributed by atoms with van der Waals surface area (Å²) in [6.45, 7) is 0. The molecule has 1 aromatic heterocycles. The molecule has 0 aliphatic carbocycles. The third kappa shape index (κ3) is 2.73. The van der Waals surface area contributed by atoms with Gasteiger partial charge in [-0.3, -0.25) is 9.78 Å². The minimum absolute atomic E-state index is 0.245. The molecule has 4 nitrogen and oxygen atoms in total. The second-order valence-corrected chi connectivity index (χ2v) is 5.45. The zero-order chi connectivity index (χ0) is 14.8. The van der Waals surface area contributed by atoms with Gasteiger partial charge in [0.2, 0.25) is 0 Å². The highest BCUT2D eigenvalue weighted by molar-refractivity contribution is 9.10. The first-order chi connectivity index (χ1) is 10.1. The Morgan fingerprint density at radius 1 is 1.14 bits per heavy atom. The predicted octanol–water partition coefficient (Wildman–Crippen LogP) is 3.83. The van der Waals surface area contributed by atoms with Crippen molar-refractivity contribution in [2.45, 2.75) is 0 Å². The maximum atomic E-state index is 12.4. The SMILES string of the molecule is Nc1cc2ccccc2cc1C(=O)Nc1ccncc1Br. The number of nitrogens with one attached hydrogen (secondary N) is 1. The molecule has 0 saturated heterocycles. The predicted molar refractivity (Wildman–Crippen MR) is 88.3 cm³/mol. The van der Waals surface area contributed by atoms with Gasteiger partial charge in [0.15, 0.2) is 0 Å². The number of halogens is 1. The highest BCUT2D eigenvalue weighted by Crippen LogP contribution is 2.25. The number of fused-ring (bicyclic) bond motifs is 1. The number of amides is 1. The van der Waals surface area contributed by atoms with E-state index in [0.717, 1.165) is 15.2 Å². The fraction of sp³-hybridized carbons (Fsp3) is 0. The summed E-state index contributed by atoms with van der Waals surface area (Å²) in [7, 11) is 0. The van der Waals surface area contributed by atoms with Gasteiger partial charge >= 0.3 is 0 Å². The standard InChI is InChI=1S/C16H12BrN3O/c17-13-9-19-6-5-15(13)20-16(21)12-7-10-3-1-2-4-11(10)8-14(12)18/h1-9H,18H2,(H,19,20,21). The van der Waals surface area contributed by atoms with Crippen LogP contribution in [0.25, 0.3) is 10.8 Å². The van der Waals surface area contributed by atoms with Crippen molar-refractivity contribution in [2.75, 3.05) is 11.1 Å². The van der Waals surface area contributed by atoms with E-state index in [0.29, 0.717) is 16.9 Å². The fourth-order valence-electron chi connectivity index (χ4n) is 2.12. The summed E-state index contributed by atoms with van der Waals surface area (Å²) in [5.41, 5.74) is 7.56. The maximum absolute atomic E-state index is 12.4. The molecule has 0 aliphatic heterocycles. The van der Waals surface area contributed by atoms with E-state index >= 15 is 0 Å². The highest BCUT2D eigenvalue weighted by Gasteiger charge is 2.12. The number of carbonyl (C=O) groups excluding carboxylic acids is 1. The van der Waals surface area contributed by atoms with Crippen LogP contribution in [0, 0.1) is 0 Å². The number of nitrogens with two attached hydrogens (primary N) is 1. The van der Waals surface area contributed by atoms with Crippen LogP contribution in [0.5, 0.6) is 0 Å². The molecular weight excluding hydrogens is 330 g/mol. The molecule has 0 bridgehead atoms. The summed E-state index contributed by atoms with van der Waals surface area (Å²) in [6, 6.07) is 13.1. The Morgan fingerprint density at radius 3 is 2.57 bits per heavy atom. The van der Waals surface area contributed by atoms with Crippen molar-refractivity contribution in [3.8, 4) is 0 Å². The number of hydrogen-bond donors (Lipinski definition) is 2. The molecule has 1 amide bonds. The Hall–Kier alpha value is -2.40. The Morgan fingerprint density at radius 2 is 1.86 bits per heavy atom. The molecule has 0 unspecified atom stereocenters. The van der Waals surface area contributed by atoms with Crippen molar-refractivity contribution in [2.24, 2.45) is 0 Å². The number of nitrogen functional groups attached to an aromatic ring is 1. The number of pyridine rings is 1. The van der Waals surface area contributed by atoms with Crippen molar-refractivity contribution in [3.63, 3.8) is 0 Å². The van der Waals surface area contributed by atoms with E-state index < -0.39 is 0 Å². The van der Waals surface area contributed by atoms with Gasteiger partial charge in [-0.2, -0.15) is 0 Å². The number of hydrogen-bond acceptors (Lipinski definition) is 3. The minimum Gasteiger partial charge on any atom is -0.398 e. The van der Waals surface area contributed by atoms with Gasteiger partial charge in [0, 0.05) is 18.1 Å². The van der Waals surface area contributed by atoms with E-state index in [4.69, 9.17) is 5.73 Å². The number of carbonyl (C=O) groups is 1. The zero-order valence-corrected chi connectivity index (χ0v) is 12.6. The third-order valence-electron chi connectivity index (χ3n) is 3.18. The summed E-state index contributed by atoms with van der Waals surface area (Å²) in [6.07, 6.45) is 3.24. The van der Waals surface area contributed by atoms with E-state index in [2.05, 4.69) is 26.2 Å². The number of nitrogens with zero attached hydrogens (tertiary/aromatic N) is 1. The van der Waals surface area contributed by atoms with Gasteiger partial charge in [0.25, 0.3) is 5.91 Å². The number of benzene rings is 2. The van der Waals surface area contributed by atoms with E-state index in [1.54, 1.807) is 24.5 Å². The molecule has 0 saturated carbocycles. The smallest absolute Gasteiger partial charge is 0.257 e. The normalized spacial score (nSPS) is 10.5. The van der Waals surface area contributed by atoms with Crippen LogP contribution in [-0.4, -0.2) is 10.9 Å². The Balaban J connectivity index is 1.98. The van der Waals surface area contributed by atoms with Crippen LogP contribution in [0.1, 0.15) is 10.4 Å². The van der Waals surface area contributed by atoms with Crippen molar-refractivity contribution < 1.29 is 4.79 Å². The average Bonchev–Trinajstić information content (AvgIpc) is 2.49. The summed E-state index contributed by atoms with van der Waals surface area (Å²) < 4.78 is 0.720. The van der Waals surface area contributed by atoms with E-state index in [9.17, 15) is 4.79 Å². The molecule has 2 aromatic carbocycles. The molecule has 0 atom stereocenters. The summed E-state index contributed by atoms with van der Waals surface area (Å²) in [4.78, 5) is 16.4. The molecule has 0 fully saturated rings. The van der Waals surface area contributed by atoms with Crippen molar-refractivity contribution in [3.05, 3.63) is 64.9 Å². The molecule has 3 N–H and O–H groups in total. The molecule has 0 radical (unpaired) electrons. The van der Waals surface area contributed by atoms with Gasteiger partial charge in [-0.15, -0.1) is 0 Å². The van der Waals surface area contributed by atoms with Crippen LogP contribution >= 0.6 is 15.9 Å². The lowest BCUT2D eigenvalue weighted by Crippen LogP contribution is -2.14. The fourth-order valence-corrected chi connectivity index (χ4v) is 2.47. The van der Waals surface area contributed by atoms with Crippen LogP contribution < -0.4 is 11.1 Å². The molecule has 3 aromatic rings. The Bertz CT molecular complexity index is 833. The minimum atomic E-state index is -0.245. The van der Waals surface area contributed by atoms with E-state index in [1.807, 2.05) is 30.3 Å². The van der Waals surface area contributed by atoms with Crippen molar-refractivity contribution >= 4 is 44.0 Å². The average molecular weight is 342 g/mol. The van der Waals surface area contributed by atoms with Crippen molar-refractivity contribution in [1.29, 1.82) is 0 Å². The number of anilines is 2. The Labute approximate surface area is 130 Å². The third-order valence-corrected chi connectivity index (χ3v) is 3.82. The lowest BCUT2D eigenvalue weighted by Gasteiger charge is -2.10. The molecule has 3 rings (SSSR count). The van der Waals surface area contributed by atoms with Crippen LogP contribution in [0.2, 0.25) is 0 Å². The van der Waals surface area contributed by atoms with Gasteiger partial charge < -0.3 is 11.1 Å². The second-order valence-electron chi connectivity index (χ2n) is 4.60. The van der Waals surface area contributed by atoms with Crippen LogP contribution in [-0.2, 0) is 0 Å². The zero-order valence-electron chi connectivity index (χ0n) is 11.0. The first-order valence-electron chi connectivity index (χ1n) is 6.34. The molecule has 104 valence electrons. The van der Waals surface area contributed by atoms with Gasteiger partial charge in [-0.1, -0.05) is 24.3 Å². The number of aromatic nitrogens is 1. The van der Waals surface area contributed by atoms with E-state index in [-0.39, 0.29) is 5.91 Å². The van der Waals surface area contributed by atoms with E-state index in [1.165, 1.54) is 0 Å². The lowest BCUT2D eigenvalue weighted by atomic mass is 10.0. The quantitative estimate of drug-likeness (QED) is 0.696. The van der Waals surface area contributed by atoms with Crippen LogP contribution in [0.4, 0.5) is 11.4 Å². The molecule has 0 spiro atoms. The molecule has 21 heavy (non-hydrogen) atoms. The maximum Gasteiger partial charge on any atom is 0.257 e. The summed E-state index contributed by atoms with van der Waals surface area (Å²) in [5, 5.41) is 4.81. The molecule has 5 heteroatoms. The van der Waals surface area contributed by atoms with Gasteiger partial charge in [0.05, 0.1) is 15.7 Å². The summed E-state index contributed by atoms with van der Waals surface area (Å²) in [5.74, 6) is -0.245. The first kappa shape index (κ1) is 13.6. The van der Waals surface area contributed by atoms with Crippen molar-refractivity contribution in [1.82, 2.24) is 4.98 Å². The highest BCUT2D eigenvalue weighted by atomic mass is 79.9. The molecular formula is C16H12BrN3O. The van der Waals surface area contributed by atoms with Gasteiger partial charge in [0.1, 0.15) is 0 Å². The Kier molecular flexibility index (Phi) is 3.58. The second kappa shape index (κ2) is 5.54. The van der Waals surface area contributed by atoms with Crippen LogP contribution in [0.3, 0.4) is 0 Å². The first-order valence-corrected chi connectivity index (χ1v) is 7.13. The number of rotatable bonds is 2. The monoisotopic (exact) mass is 341 g/mol. The molecule has 0 aliphatic rings. The lowest BCUT2D eigenvalue weighted by molar-refractivity contribution is 0.102. The topological polar surface area (TPSA) is 68.0 Å². The van der Waals surface area contributed by atoms with Crippen LogP contribution in [0.15, 0.2) is 59.3 Å². The van der Waals surface area contributed by atoms with Gasteiger partial charge in [-0.05, 0) is 44.9 Å². The largest absolute Gasteiger partial charge is 0.398 e.